The first-order valence-corrected chi connectivity index (χ1v) is 7.43. The van der Waals surface area contributed by atoms with Crippen molar-refractivity contribution in [1.29, 1.82) is 0 Å². The molecule has 4 rings (SSSR count). The molecule has 0 radical (unpaired) electrons. The quantitative estimate of drug-likeness (QED) is 0.463. The van der Waals surface area contributed by atoms with Crippen molar-refractivity contribution in [3.8, 4) is 10.6 Å². The number of hydrogen-bond donors (Lipinski definition) is 0. The van der Waals surface area contributed by atoms with E-state index in [2.05, 4.69) is 47.8 Å². The Morgan fingerprint density at radius 1 is 0.833 bits per heavy atom. The Morgan fingerprint density at radius 2 is 1.61 bits per heavy atom. The zero-order valence-electron chi connectivity index (χ0n) is 9.46. The Labute approximate surface area is 112 Å². The first-order valence-electron chi connectivity index (χ1n) is 5.74. The Balaban J connectivity index is 2.01. The van der Waals surface area contributed by atoms with Gasteiger partial charge < -0.3 is 0 Å². The summed E-state index contributed by atoms with van der Waals surface area (Å²) in [7, 11) is 0. The summed E-state index contributed by atoms with van der Waals surface area (Å²) in [6, 6.07) is 16.8. The van der Waals surface area contributed by atoms with Gasteiger partial charge in [0.1, 0.15) is 5.01 Å². The van der Waals surface area contributed by atoms with Crippen LogP contribution in [0.1, 0.15) is 0 Å². The van der Waals surface area contributed by atoms with Gasteiger partial charge in [0.15, 0.2) is 0 Å². The molecule has 2 heterocycles. The summed E-state index contributed by atoms with van der Waals surface area (Å²) in [5, 5.41) is 4.64. The number of fused-ring (bicyclic) bond motifs is 2. The predicted molar refractivity (Wildman–Crippen MR) is 80.4 cm³/mol. The van der Waals surface area contributed by atoms with Crippen molar-refractivity contribution in [2.45, 2.75) is 0 Å². The minimum absolute atomic E-state index is 1.09. The van der Waals surface area contributed by atoms with Crippen LogP contribution in [0.25, 0.3) is 30.9 Å². The Hall–Kier alpha value is -1.71. The summed E-state index contributed by atoms with van der Waals surface area (Å²) >= 11 is 3.55. The molecule has 3 heteroatoms. The molecule has 0 atom stereocenters. The van der Waals surface area contributed by atoms with Crippen LogP contribution in [0.2, 0.25) is 0 Å². The predicted octanol–water partition coefficient (Wildman–Crippen LogP) is 5.18. The lowest BCUT2D eigenvalue weighted by atomic mass is 10.2. The third-order valence-corrected chi connectivity index (χ3v) is 5.04. The molecule has 0 amide bonds. The van der Waals surface area contributed by atoms with Crippen molar-refractivity contribution in [2.75, 3.05) is 0 Å². The van der Waals surface area contributed by atoms with Gasteiger partial charge in [0.2, 0.25) is 0 Å². The summed E-state index contributed by atoms with van der Waals surface area (Å²) in [5.74, 6) is 0. The summed E-state index contributed by atoms with van der Waals surface area (Å²) in [5.41, 5.74) is 2.35. The molecule has 2 aromatic carbocycles. The van der Waals surface area contributed by atoms with Gasteiger partial charge in [-0.25, -0.2) is 4.98 Å². The van der Waals surface area contributed by atoms with E-state index in [-0.39, 0.29) is 0 Å². The van der Waals surface area contributed by atoms with Crippen LogP contribution in [0.5, 0.6) is 0 Å². The highest BCUT2D eigenvalue weighted by Gasteiger charge is 2.10. The van der Waals surface area contributed by atoms with E-state index in [1.165, 1.54) is 20.3 Å². The molecule has 0 spiro atoms. The second-order valence-corrected chi connectivity index (χ2v) is 6.07. The molecule has 4 aromatic rings. The summed E-state index contributed by atoms with van der Waals surface area (Å²) in [6.45, 7) is 0. The van der Waals surface area contributed by atoms with E-state index < -0.39 is 0 Å². The molecule has 0 aliphatic rings. The minimum Gasteiger partial charge on any atom is -0.236 e. The van der Waals surface area contributed by atoms with Crippen LogP contribution < -0.4 is 0 Å². The van der Waals surface area contributed by atoms with Crippen molar-refractivity contribution >= 4 is 43.0 Å². The van der Waals surface area contributed by atoms with E-state index in [0.717, 1.165) is 10.5 Å². The Morgan fingerprint density at radius 3 is 2.50 bits per heavy atom. The van der Waals surface area contributed by atoms with Gasteiger partial charge >= 0.3 is 0 Å². The van der Waals surface area contributed by atoms with Gasteiger partial charge in [-0.05, 0) is 18.2 Å². The molecule has 86 valence electrons. The first kappa shape index (κ1) is 10.2. The molecule has 0 aliphatic carbocycles. The van der Waals surface area contributed by atoms with E-state index in [4.69, 9.17) is 4.98 Å². The molecule has 0 N–H and O–H groups in total. The van der Waals surface area contributed by atoms with E-state index in [1.807, 2.05) is 6.07 Å². The molecule has 0 fully saturated rings. The van der Waals surface area contributed by atoms with Crippen LogP contribution in [0.3, 0.4) is 0 Å². The van der Waals surface area contributed by atoms with E-state index in [0.29, 0.717) is 0 Å². The zero-order valence-corrected chi connectivity index (χ0v) is 11.1. The van der Waals surface area contributed by atoms with Gasteiger partial charge in [0.05, 0.1) is 10.2 Å². The standard InChI is InChI=1S/C15H9NS2/c1-3-7-13-10(5-1)11(9-17-13)15-16-12-6-2-4-8-14(12)18-15/h1-9H. The lowest BCUT2D eigenvalue weighted by Gasteiger charge is -1.92. The highest BCUT2D eigenvalue weighted by molar-refractivity contribution is 7.22. The van der Waals surface area contributed by atoms with Gasteiger partial charge in [0.25, 0.3) is 0 Å². The fourth-order valence-corrected chi connectivity index (χ4v) is 4.15. The number of benzene rings is 2. The average molecular weight is 267 g/mol. The normalized spacial score (nSPS) is 11.3. The van der Waals surface area contributed by atoms with Crippen LogP contribution in [-0.2, 0) is 0 Å². The number of rotatable bonds is 1. The summed E-state index contributed by atoms with van der Waals surface area (Å²) in [4.78, 5) is 4.73. The van der Waals surface area contributed by atoms with Crippen molar-refractivity contribution in [1.82, 2.24) is 4.98 Å². The van der Waals surface area contributed by atoms with Crippen LogP contribution in [0.15, 0.2) is 53.9 Å². The molecule has 18 heavy (non-hydrogen) atoms. The van der Waals surface area contributed by atoms with Crippen molar-refractivity contribution in [3.63, 3.8) is 0 Å². The fourth-order valence-electron chi connectivity index (χ4n) is 2.13. The van der Waals surface area contributed by atoms with Crippen LogP contribution >= 0.6 is 22.7 Å². The fraction of sp³-hybridized carbons (Fsp3) is 0. The molecular weight excluding hydrogens is 258 g/mol. The van der Waals surface area contributed by atoms with Crippen LogP contribution in [0, 0.1) is 0 Å². The third kappa shape index (κ3) is 1.48. The number of aromatic nitrogens is 1. The molecule has 0 saturated heterocycles. The van der Waals surface area contributed by atoms with Crippen molar-refractivity contribution < 1.29 is 0 Å². The van der Waals surface area contributed by atoms with Gasteiger partial charge in [-0.2, -0.15) is 0 Å². The minimum atomic E-state index is 1.09. The van der Waals surface area contributed by atoms with Crippen LogP contribution in [0.4, 0.5) is 0 Å². The summed E-state index contributed by atoms with van der Waals surface area (Å²) < 4.78 is 2.58. The molecule has 0 aliphatic heterocycles. The van der Waals surface area contributed by atoms with Crippen molar-refractivity contribution in [3.05, 3.63) is 53.9 Å². The molecule has 0 bridgehead atoms. The smallest absolute Gasteiger partial charge is 0.126 e. The maximum absolute atomic E-state index is 4.73. The van der Waals surface area contributed by atoms with Gasteiger partial charge in [-0.1, -0.05) is 30.3 Å². The Bertz CT molecular complexity index is 809. The monoisotopic (exact) mass is 267 g/mol. The highest BCUT2D eigenvalue weighted by atomic mass is 32.1. The average Bonchev–Trinajstić information content (AvgIpc) is 3.02. The second kappa shape index (κ2) is 3.90. The van der Waals surface area contributed by atoms with Gasteiger partial charge in [0, 0.05) is 21.0 Å². The highest BCUT2D eigenvalue weighted by Crippen LogP contribution is 2.37. The first-order chi connectivity index (χ1) is 8.92. The largest absolute Gasteiger partial charge is 0.236 e. The topological polar surface area (TPSA) is 12.9 Å². The molecule has 0 saturated carbocycles. The van der Waals surface area contributed by atoms with Gasteiger partial charge in [-0.15, -0.1) is 22.7 Å². The lowest BCUT2D eigenvalue weighted by Crippen LogP contribution is -1.72. The third-order valence-electron chi connectivity index (χ3n) is 3.01. The molecule has 2 aromatic heterocycles. The molecular formula is C15H9NS2. The van der Waals surface area contributed by atoms with Crippen LogP contribution in [-0.4, -0.2) is 4.98 Å². The van der Waals surface area contributed by atoms with E-state index >= 15 is 0 Å². The number of thiazole rings is 1. The number of hydrogen-bond acceptors (Lipinski definition) is 3. The lowest BCUT2D eigenvalue weighted by molar-refractivity contribution is 1.50. The molecule has 1 nitrogen and oxygen atoms in total. The maximum Gasteiger partial charge on any atom is 0.126 e. The second-order valence-electron chi connectivity index (χ2n) is 4.13. The maximum atomic E-state index is 4.73. The van der Waals surface area contributed by atoms with Crippen molar-refractivity contribution in [2.24, 2.45) is 0 Å². The summed E-state index contributed by atoms with van der Waals surface area (Å²) in [6.07, 6.45) is 0. The van der Waals surface area contributed by atoms with E-state index in [1.54, 1.807) is 22.7 Å². The number of nitrogens with zero attached hydrogens (tertiary/aromatic N) is 1. The van der Waals surface area contributed by atoms with Gasteiger partial charge in [-0.3, -0.25) is 0 Å². The van der Waals surface area contributed by atoms with E-state index in [9.17, 15) is 0 Å². The SMILES string of the molecule is c1ccc2sc(-c3csc4ccccc34)nc2c1. The molecule has 0 unspecified atom stereocenters. The number of para-hydroxylation sites is 1. The number of thiophene rings is 1. The zero-order chi connectivity index (χ0) is 11.9. The Kier molecular flexibility index (Phi) is 2.22.